The summed E-state index contributed by atoms with van der Waals surface area (Å²) >= 11 is 0. The molecule has 1 heterocycles. The summed E-state index contributed by atoms with van der Waals surface area (Å²) < 4.78 is 55.7. The Morgan fingerprint density at radius 1 is 1.42 bits per heavy atom. The van der Waals surface area contributed by atoms with Crippen LogP contribution in [-0.4, -0.2) is 21.1 Å². The summed E-state index contributed by atoms with van der Waals surface area (Å²) in [5.74, 6) is -2.86. The number of hydrogen-bond acceptors (Lipinski definition) is 6. The van der Waals surface area contributed by atoms with Crippen LogP contribution < -0.4 is 4.74 Å². The molecule has 0 fully saturated rings. The van der Waals surface area contributed by atoms with Crippen molar-refractivity contribution in [2.45, 2.75) is 6.18 Å². The molecule has 0 saturated carbocycles. The molecule has 0 amide bonds. The van der Waals surface area contributed by atoms with Crippen LogP contribution in [0.5, 0.6) is 5.75 Å². The molecule has 12 heteroatoms. The summed E-state index contributed by atoms with van der Waals surface area (Å²) in [5.41, 5.74) is -5.13. The number of carbonyl (C=O) groups excluding carboxylic acids is 1. The van der Waals surface area contributed by atoms with E-state index in [-0.39, 0.29) is 0 Å². The van der Waals surface area contributed by atoms with Gasteiger partial charge in [0.25, 0.3) is 0 Å². The van der Waals surface area contributed by atoms with E-state index in [1.54, 1.807) is 5.10 Å². The van der Waals surface area contributed by atoms with Gasteiger partial charge in [-0.15, -0.1) is 0 Å². The molecule has 0 aliphatic heterocycles. The quantitative estimate of drug-likeness (QED) is 0.300. The number of ether oxygens (including phenoxy) is 1. The van der Waals surface area contributed by atoms with Crippen molar-refractivity contribution >= 4 is 11.7 Å². The van der Waals surface area contributed by atoms with Crippen LogP contribution in [0.2, 0.25) is 0 Å². The number of carbonyl (C=O) groups is 1. The Morgan fingerprint density at radius 2 is 2.08 bits per heavy atom. The molecule has 0 bridgehead atoms. The van der Waals surface area contributed by atoms with Crippen molar-refractivity contribution < 1.29 is 32.0 Å². The lowest BCUT2D eigenvalue weighted by molar-refractivity contribution is -0.388. The third-order valence-electron chi connectivity index (χ3n) is 2.66. The number of nitro groups is 1. The number of aromatic nitrogens is 2. The van der Waals surface area contributed by atoms with Crippen molar-refractivity contribution in [2.24, 2.45) is 0 Å². The molecule has 0 saturated heterocycles. The van der Waals surface area contributed by atoms with Crippen LogP contribution in [0.1, 0.15) is 21.7 Å². The zero-order chi connectivity index (χ0) is 18.1. The van der Waals surface area contributed by atoms with Crippen LogP contribution in [0.25, 0.3) is 0 Å². The van der Waals surface area contributed by atoms with Crippen LogP contribution in [0, 0.1) is 27.3 Å². The van der Waals surface area contributed by atoms with Gasteiger partial charge in [0, 0.05) is 6.07 Å². The minimum atomic E-state index is -5.17. The fraction of sp³-hybridized carbons (Fsp3) is 0.0833. The van der Waals surface area contributed by atoms with Crippen molar-refractivity contribution in [3.8, 4) is 11.8 Å². The molecular formula is C12H4F4N4O4. The molecule has 1 aromatic heterocycles. The van der Waals surface area contributed by atoms with Gasteiger partial charge in [0.15, 0.2) is 0 Å². The SMILES string of the molecule is N#Cc1cc(OC(=O)c2[nH]nc(C(F)(F)F)c2[N+](=O)[O-])ccc1F. The maximum atomic E-state index is 13.1. The molecule has 0 aliphatic rings. The Bertz CT molecular complexity index is 869. The molecule has 2 aromatic rings. The zero-order valence-electron chi connectivity index (χ0n) is 11.2. The van der Waals surface area contributed by atoms with E-state index in [1.165, 1.54) is 6.07 Å². The number of halogens is 4. The highest BCUT2D eigenvalue weighted by Crippen LogP contribution is 2.36. The first-order chi connectivity index (χ1) is 11.1. The first-order valence-electron chi connectivity index (χ1n) is 5.87. The smallest absolute Gasteiger partial charge is 0.422 e. The van der Waals surface area contributed by atoms with Crippen molar-refractivity contribution in [1.29, 1.82) is 5.26 Å². The Balaban J connectivity index is 2.39. The molecular weight excluding hydrogens is 340 g/mol. The highest BCUT2D eigenvalue weighted by molar-refractivity contribution is 5.93. The van der Waals surface area contributed by atoms with Gasteiger partial charge in [-0.25, -0.2) is 9.18 Å². The molecule has 0 atom stereocenters. The Hall–Kier alpha value is -3.49. The third kappa shape index (κ3) is 3.14. The van der Waals surface area contributed by atoms with Crippen LogP contribution in [0.15, 0.2) is 18.2 Å². The normalized spacial score (nSPS) is 11.0. The Labute approximate surface area is 129 Å². The first kappa shape index (κ1) is 16.9. The zero-order valence-corrected chi connectivity index (χ0v) is 11.2. The topological polar surface area (TPSA) is 122 Å². The molecule has 8 nitrogen and oxygen atoms in total. The first-order valence-corrected chi connectivity index (χ1v) is 5.87. The van der Waals surface area contributed by atoms with E-state index in [2.05, 4.69) is 9.84 Å². The average Bonchev–Trinajstić information content (AvgIpc) is 2.94. The van der Waals surface area contributed by atoms with E-state index in [1.807, 2.05) is 0 Å². The van der Waals surface area contributed by atoms with Crippen LogP contribution >= 0.6 is 0 Å². The van der Waals surface area contributed by atoms with Crippen molar-refractivity contribution in [3.63, 3.8) is 0 Å². The molecule has 0 radical (unpaired) electrons. The predicted octanol–water partition coefficient (Wildman–Crippen LogP) is 2.57. The summed E-state index contributed by atoms with van der Waals surface area (Å²) in [6.07, 6.45) is -5.17. The standard InChI is InChI=1S/C12H4F4N4O4/c13-7-2-1-6(3-5(7)4-17)24-11(21)8-9(20(22)23)10(19-18-8)12(14,15)16/h1-3H,(H,18,19). The number of aromatic amines is 1. The fourth-order valence-electron chi connectivity index (χ4n) is 1.67. The number of nitrogens with one attached hydrogen (secondary N) is 1. The highest BCUT2D eigenvalue weighted by Gasteiger charge is 2.45. The second-order valence-electron chi connectivity index (χ2n) is 4.19. The van der Waals surface area contributed by atoms with E-state index in [9.17, 15) is 32.5 Å². The summed E-state index contributed by atoms with van der Waals surface area (Å²) in [7, 11) is 0. The van der Waals surface area contributed by atoms with Gasteiger partial charge in [0.1, 0.15) is 17.6 Å². The lowest BCUT2D eigenvalue weighted by Gasteiger charge is -2.04. The van der Waals surface area contributed by atoms with E-state index < -0.39 is 51.3 Å². The summed E-state index contributed by atoms with van der Waals surface area (Å²) in [5, 5.41) is 23.8. The molecule has 0 spiro atoms. The number of esters is 1. The van der Waals surface area contributed by atoms with E-state index in [0.717, 1.165) is 18.2 Å². The van der Waals surface area contributed by atoms with Gasteiger partial charge in [0.05, 0.1) is 10.5 Å². The van der Waals surface area contributed by atoms with Crippen LogP contribution in [0.3, 0.4) is 0 Å². The van der Waals surface area contributed by atoms with Gasteiger partial charge in [0.2, 0.25) is 11.4 Å². The summed E-state index contributed by atoms with van der Waals surface area (Å²) in [4.78, 5) is 21.2. The molecule has 0 aliphatic carbocycles. The number of nitrogens with zero attached hydrogens (tertiary/aromatic N) is 3. The number of benzene rings is 1. The van der Waals surface area contributed by atoms with E-state index in [0.29, 0.717) is 0 Å². The number of hydrogen-bond donors (Lipinski definition) is 1. The van der Waals surface area contributed by atoms with E-state index in [4.69, 9.17) is 5.26 Å². The van der Waals surface area contributed by atoms with Gasteiger partial charge < -0.3 is 4.74 Å². The molecule has 0 unspecified atom stereocenters. The number of H-pyrrole nitrogens is 1. The second kappa shape index (κ2) is 5.95. The maximum absolute atomic E-state index is 13.1. The predicted molar refractivity (Wildman–Crippen MR) is 66.3 cm³/mol. The summed E-state index contributed by atoms with van der Waals surface area (Å²) in [6.45, 7) is 0. The second-order valence-corrected chi connectivity index (χ2v) is 4.19. The number of nitriles is 1. The van der Waals surface area contributed by atoms with Gasteiger partial charge in [-0.2, -0.15) is 23.5 Å². The monoisotopic (exact) mass is 344 g/mol. The minimum absolute atomic E-state index is 0.393. The maximum Gasteiger partial charge on any atom is 0.442 e. The van der Waals surface area contributed by atoms with Gasteiger partial charge in [-0.1, -0.05) is 0 Å². The summed E-state index contributed by atoms with van der Waals surface area (Å²) in [6, 6.07) is 3.96. The fourth-order valence-corrected chi connectivity index (χ4v) is 1.67. The molecule has 1 N–H and O–H groups in total. The number of alkyl halides is 3. The van der Waals surface area contributed by atoms with Gasteiger partial charge in [-0.05, 0) is 12.1 Å². The van der Waals surface area contributed by atoms with Crippen molar-refractivity contribution in [1.82, 2.24) is 10.2 Å². The lowest BCUT2D eigenvalue weighted by Crippen LogP contribution is -2.13. The average molecular weight is 344 g/mol. The van der Waals surface area contributed by atoms with Crippen molar-refractivity contribution in [2.75, 3.05) is 0 Å². The van der Waals surface area contributed by atoms with Crippen LogP contribution in [0.4, 0.5) is 23.2 Å². The number of rotatable bonds is 3. The Morgan fingerprint density at radius 3 is 2.62 bits per heavy atom. The largest absolute Gasteiger partial charge is 0.442 e. The molecule has 1 aromatic carbocycles. The van der Waals surface area contributed by atoms with Gasteiger partial charge >= 0.3 is 17.8 Å². The molecule has 2 rings (SSSR count). The minimum Gasteiger partial charge on any atom is -0.422 e. The Kier molecular flexibility index (Phi) is 4.19. The molecule has 24 heavy (non-hydrogen) atoms. The lowest BCUT2D eigenvalue weighted by atomic mass is 10.2. The van der Waals surface area contributed by atoms with Crippen molar-refractivity contribution in [3.05, 3.63) is 51.1 Å². The van der Waals surface area contributed by atoms with Gasteiger partial charge in [-0.3, -0.25) is 15.2 Å². The van der Waals surface area contributed by atoms with Crippen LogP contribution in [-0.2, 0) is 6.18 Å². The highest BCUT2D eigenvalue weighted by atomic mass is 19.4. The third-order valence-corrected chi connectivity index (χ3v) is 2.66. The molecule has 124 valence electrons. The van der Waals surface area contributed by atoms with E-state index >= 15 is 0 Å².